The van der Waals surface area contributed by atoms with E-state index in [0.29, 0.717) is 31.9 Å². The quantitative estimate of drug-likeness (QED) is 0.601. The molecule has 1 unspecified atom stereocenters. The van der Waals surface area contributed by atoms with Gasteiger partial charge in [-0.3, -0.25) is 0 Å². The van der Waals surface area contributed by atoms with E-state index < -0.39 is 10.0 Å². The van der Waals surface area contributed by atoms with E-state index in [-0.39, 0.29) is 17.0 Å². The van der Waals surface area contributed by atoms with Crippen molar-refractivity contribution >= 4 is 21.7 Å². The molecule has 4 N–H and O–H groups in total. The van der Waals surface area contributed by atoms with Crippen LogP contribution in [0.15, 0.2) is 29.2 Å². The predicted octanol–water partition coefficient (Wildman–Crippen LogP) is 1.04. The van der Waals surface area contributed by atoms with Crippen molar-refractivity contribution < 1.29 is 22.7 Å². The Hall–Kier alpha value is -1.68. The van der Waals surface area contributed by atoms with Crippen molar-refractivity contribution in [1.29, 1.82) is 0 Å². The van der Waals surface area contributed by atoms with Crippen LogP contribution in [0.3, 0.4) is 0 Å². The SMILES string of the molecule is NS(=O)(=O)c1ccc(NC(=O)NCCCOCC2CCCO2)cc1. The Morgan fingerprint density at radius 1 is 1.33 bits per heavy atom. The van der Waals surface area contributed by atoms with Crippen LogP contribution in [-0.4, -0.2) is 46.9 Å². The molecule has 1 aliphatic rings. The summed E-state index contributed by atoms with van der Waals surface area (Å²) in [5.41, 5.74) is 0.481. The van der Waals surface area contributed by atoms with Gasteiger partial charge in [0, 0.05) is 25.4 Å². The van der Waals surface area contributed by atoms with E-state index in [1.807, 2.05) is 0 Å². The molecule has 9 heteroatoms. The first kappa shape index (κ1) is 18.7. The van der Waals surface area contributed by atoms with E-state index in [4.69, 9.17) is 14.6 Å². The van der Waals surface area contributed by atoms with Gasteiger partial charge in [-0.1, -0.05) is 0 Å². The summed E-state index contributed by atoms with van der Waals surface area (Å²) in [6, 6.07) is 5.26. The largest absolute Gasteiger partial charge is 0.379 e. The number of benzene rings is 1. The number of sulfonamides is 1. The molecule has 0 aliphatic carbocycles. The first-order valence-corrected chi connectivity index (χ1v) is 9.37. The topological polar surface area (TPSA) is 120 Å². The molecule has 134 valence electrons. The van der Waals surface area contributed by atoms with Gasteiger partial charge in [-0.15, -0.1) is 0 Å². The zero-order chi connectivity index (χ0) is 17.4. The fourth-order valence-corrected chi connectivity index (χ4v) is 2.79. The Labute approximate surface area is 141 Å². The van der Waals surface area contributed by atoms with Gasteiger partial charge in [-0.25, -0.2) is 18.4 Å². The number of hydrogen-bond acceptors (Lipinski definition) is 5. The van der Waals surface area contributed by atoms with Crippen molar-refractivity contribution in [1.82, 2.24) is 5.32 Å². The van der Waals surface area contributed by atoms with Crippen LogP contribution in [0.25, 0.3) is 0 Å². The Morgan fingerprint density at radius 3 is 2.71 bits per heavy atom. The Kier molecular flexibility index (Phi) is 6.98. The third-order valence-corrected chi connectivity index (χ3v) is 4.45. The average Bonchev–Trinajstić information content (AvgIpc) is 3.03. The monoisotopic (exact) mass is 357 g/mol. The molecule has 0 aromatic heterocycles. The van der Waals surface area contributed by atoms with E-state index in [9.17, 15) is 13.2 Å². The number of rotatable bonds is 8. The molecular weight excluding hydrogens is 334 g/mol. The number of hydrogen-bond donors (Lipinski definition) is 3. The zero-order valence-corrected chi connectivity index (χ0v) is 14.2. The molecule has 0 radical (unpaired) electrons. The second-order valence-corrected chi connectivity index (χ2v) is 7.08. The molecule has 1 heterocycles. The van der Waals surface area contributed by atoms with Gasteiger partial charge >= 0.3 is 6.03 Å². The van der Waals surface area contributed by atoms with Gasteiger partial charge in [0.2, 0.25) is 10.0 Å². The average molecular weight is 357 g/mol. The number of nitrogens with two attached hydrogens (primary N) is 1. The zero-order valence-electron chi connectivity index (χ0n) is 13.4. The first-order valence-electron chi connectivity index (χ1n) is 7.82. The molecule has 2 amide bonds. The number of anilines is 1. The van der Waals surface area contributed by atoms with Crippen LogP contribution in [-0.2, 0) is 19.5 Å². The number of primary sulfonamides is 1. The Balaban J connectivity index is 1.59. The van der Waals surface area contributed by atoms with E-state index in [2.05, 4.69) is 10.6 Å². The van der Waals surface area contributed by atoms with Crippen LogP contribution in [0.2, 0.25) is 0 Å². The summed E-state index contributed by atoms with van der Waals surface area (Å²) in [7, 11) is -3.73. The van der Waals surface area contributed by atoms with Gasteiger partial charge in [0.05, 0.1) is 17.6 Å². The van der Waals surface area contributed by atoms with Gasteiger partial charge in [0.25, 0.3) is 0 Å². The summed E-state index contributed by atoms with van der Waals surface area (Å²) in [6.07, 6.45) is 3.05. The second kappa shape index (κ2) is 8.97. The van der Waals surface area contributed by atoms with Gasteiger partial charge in [-0.05, 0) is 43.5 Å². The lowest BCUT2D eigenvalue weighted by atomic mass is 10.2. The fraction of sp³-hybridized carbons (Fsp3) is 0.533. The normalized spacial score (nSPS) is 17.6. The van der Waals surface area contributed by atoms with Gasteiger partial charge in [0.1, 0.15) is 0 Å². The molecular formula is C15H23N3O5S. The standard InChI is InChI=1S/C15H23N3O5S/c16-24(20,21)14-6-4-12(5-7-14)18-15(19)17-8-2-9-22-11-13-3-1-10-23-13/h4-7,13H,1-3,8-11H2,(H2,16,20,21)(H2,17,18,19). The van der Waals surface area contributed by atoms with Crippen molar-refractivity contribution in [2.24, 2.45) is 5.14 Å². The highest BCUT2D eigenvalue weighted by Gasteiger charge is 2.14. The molecule has 1 aliphatic heterocycles. The lowest BCUT2D eigenvalue weighted by Gasteiger charge is -2.11. The minimum absolute atomic E-state index is 0.00292. The van der Waals surface area contributed by atoms with Crippen molar-refractivity contribution in [3.8, 4) is 0 Å². The van der Waals surface area contributed by atoms with Crippen LogP contribution >= 0.6 is 0 Å². The van der Waals surface area contributed by atoms with Gasteiger partial charge < -0.3 is 20.1 Å². The number of urea groups is 1. The Morgan fingerprint density at radius 2 is 2.08 bits per heavy atom. The maximum atomic E-state index is 11.7. The molecule has 1 aromatic carbocycles. The molecule has 1 saturated heterocycles. The van der Waals surface area contributed by atoms with E-state index in [1.165, 1.54) is 24.3 Å². The molecule has 8 nitrogen and oxygen atoms in total. The van der Waals surface area contributed by atoms with Crippen LogP contribution < -0.4 is 15.8 Å². The third kappa shape index (κ3) is 6.44. The minimum Gasteiger partial charge on any atom is -0.379 e. The lowest BCUT2D eigenvalue weighted by Crippen LogP contribution is -2.30. The fourth-order valence-electron chi connectivity index (χ4n) is 2.27. The van der Waals surface area contributed by atoms with E-state index >= 15 is 0 Å². The van der Waals surface area contributed by atoms with Gasteiger partial charge in [0.15, 0.2) is 0 Å². The van der Waals surface area contributed by atoms with E-state index in [1.54, 1.807) is 0 Å². The third-order valence-electron chi connectivity index (χ3n) is 3.52. The molecule has 1 atom stereocenters. The molecule has 0 bridgehead atoms. The van der Waals surface area contributed by atoms with Crippen molar-refractivity contribution in [3.63, 3.8) is 0 Å². The molecule has 1 fully saturated rings. The minimum atomic E-state index is -3.73. The highest BCUT2D eigenvalue weighted by molar-refractivity contribution is 7.89. The van der Waals surface area contributed by atoms with Crippen LogP contribution in [0, 0.1) is 0 Å². The highest BCUT2D eigenvalue weighted by atomic mass is 32.2. The molecule has 24 heavy (non-hydrogen) atoms. The van der Waals surface area contributed by atoms with Crippen molar-refractivity contribution in [2.75, 3.05) is 31.7 Å². The van der Waals surface area contributed by atoms with Crippen LogP contribution in [0.1, 0.15) is 19.3 Å². The summed E-state index contributed by atoms with van der Waals surface area (Å²) in [4.78, 5) is 11.7. The molecule has 2 rings (SSSR count). The summed E-state index contributed by atoms with van der Waals surface area (Å²) < 4.78 is 33.2. The number of amides is 2. The summed E-state index contributed by atoms with van der Waals surface area (Å²) in [5.74, 6) is 0. The predicted molar refractivity (Wildman–Crippen MR) is 89.2 cm³/mol. The lowest BCUT2D eigenvalue weighted by molar-refractivity contribution is 0.0168. The number of nitrogens with one attached hydrogen (secondary N) is 2. The smallest absolute Gasteiger partial charge is 0.319 e. The summed E-state index contributed by atoms with van der Waals surface area (Å²) in [6.45, 7) is 2.45. The maximum Gasteiger partial charge on any atom is 0.319 e. The first-order chi connectivity index (χ1) is 11.4. The van der Waals surface area contributed by atoms with Crippen LogP contribution in [0.4, 0.5) is 10.5 Å². The van der Waals surface area contributed by atoms with Crippen molar-refractivity contribution in [3.05, 3.63) is 24.3 Å². The molecule has 1 aromatic rings. The second-order valence-electron chi connectivity index (χ2n) is 5.51. The number of carbonyl (C=O) groups is 1. The highest BCUT2D eigenvalue weighted by Crippen LogP contribution is 2.13. The van der Waals surface area contributed by atoms with Crippen molar-refractivity contribution in [2.45, 2.75) is 30.3 Å². The van der Waals surface area contributed by atoms with E-state index in [0.717, 1.165) is 19.4 Å². The Bertz CT molecular complexity index is 627. The maximum absolute atomic E-state index is 11.7. The molecule has 0 spiro atoms. The van der Waals surface area contributed by atoms with Gasteiger partial charge in [-0.2, -0.15) is 0 Å². The number of ether oxygens (including phenoxy) is 2. The molecule has 0 saturated carbocycles. The number of carbonyl (C=O) groups excluding carboxylic acids is 1. The van der Waals surface area contributed by atoms with Crippen LogP contribution in [0.5, 0.6) is 0 Å². The summed E-state index contributed by atoms with van der Waals surface area (Å²) >= 11 is 0. The summed E-state index contributed by atoms with van der Waals surface area (Å²) in [5, 5.41) is 10.3.